The van der Waals surface area contributed by atoms with Crippen LogP contribution in [-0.2, 0) is 13.1 Å². The molecule has 0 aliphatic heterocycles. The largest absolute Gasteiger partial charge is 1.00 e. The first-order chi connectivity index (χ1) is 16.9. The molecule has 0 saturated heterocycles. The van der Waals surface area contributed by atoms with Crippen LogP contribution in [0, 0.1) is 27.7 Å². The fourth-order valence-corrected chi connectivity index (χ4v) is 2.66. The van der Waals surface area contributed by atoms with E-state index in [1.807, 2.05) is 57.3 Å². The van der Waals surface area contributed by atoms with Gasteiger partial charge in [0.15, 0.2) is 24.3 Å². The Balaban J connectivity index is -0.000000397. The molecule has 0 fully saturated rings. The van der Waals surface area contributed by atoms with E-state index in [0.717, 1.165) is 24.1 Å². The summed E-state index contributed by atoms with van der Waals surface area (Å²) in [7, 11) is 0. The Kier molecular flexibility index (Phi) is 29.0. The van der Waals surface area contributed by atoms with Gasteiger partial charge in [-0.05, 0) is 64.4 Å². The number of aromatic nitrogens is 4. The van der Waals surface area contributed by atoms with E-state index in [-0.39, 0.29) is 34.0 Å². The van der Waals surface area contributed by atoms with Crippen molar-refractivity contribution in [2.75, 3.05) is 5.33 Å². The van der Waals surface area contributed by atoms with Crippen LogP contribution < -0.4 is 43.1 Å². The van der Waals surface area contributed by atoms with Crippen molar-refractivity contribution in [3.8, 4) is 0 Å². The van der Waals surface area contributed by atoms with E-state index in [2.05, 4.69) is 112 Å². The first kappa shape index (κ1) is 39.6. The number of halogens is 3. The van der Waals surface area contributed by atoms with Crippen molar-refractivity contribution in [3.05, 3.63) is 120 Å². The maximum Gasteiger partial charge on any atom is 0.178 e. The highest BCUT2D eigenvalue weighted by atomic mass is 79.9. The van der Waals surface area contributed by atoms with Gasteiger partial charge in [-0.3, -0.25) is 9.97 Å². The molecule has 4 rings (SSSR count). The molecule has 0 bridgehead atoms. The molecular formula is C30H43Br3N4. The summed E-state index contributed by atoms with van der Waals surface area (Å²) in [6.45, 7) is 16.7. The molecule has 7 heteroatoms. The minimum absolute atomic E-state index is 0. The van der Waals surface area contributed by atoms with Gasteiger partial charge in [0, 0.05) is 60.3 Å². The maximum atomic E-state index is 3.98. The van der Waals surface area contributed by atoms with Crippen molar-refractivity contribution in [1.29, 1.82) is 0 Å². The summed E-state index contributed by atoms with van der Waals surface area (Å²) in [4.78, 5) is 7.86. The van der Waals surface area contributed by atoms with Crippen LogP contribution in [0.25, 0.3) is 0 Å². The second-order valence-electron chi connectivity index (χ2n) is 7.61. The van der Waals surface area contributed by atoms with Crippen LogP contribution >= 0.6 is 15.9 Å². The Morgan fingerprint density at radius 3 is 1.68 bits per heavy atom. The Morgan fingerprint density at radius 1 is 0.703 bits per heavy atom. The summed E-state index contributed by atoms with van der Waals surface area (Å²) < 4.78 is 4.37. The molecule has 4 nitrogen and oxygen atoms in total. The molecule has 37 heavy (non-hydrogen) atoms. The number of rotatable bonds is 2. The summed E-state index contributed by atoms with van der Waals surface area (Å²) >= 11 is 3.15. The van der Waals surface area contributed by atoms with Gasteiger partial charge in [0.2, 0.25) is 0 Å². The zero-order valence-electron chi connectivity index (χ0n) is 23.3. The highest BCUT2D eigenvalue weighted by Crippen LogP contribution is 1.89. The third-order valence-electron chi connectivity index (χ3n) is 4.50. The first-order valence-corrected chi connectivity index (χ1v) is 13.2. The van der Waals surface area contributed by atoms with Gasteiger partial charge in [-0.1, -0.05) is 41.1 Å². The lowest BCUT2D eigenvalue weighted by Crippen LogP contribution is -3.00. The minimum atomic E-state index is 0. The summed E-state index contributed by atoms with van der Waals surface area (Å²) in [5.74, 6) is 0. The van der Waals surface area contributed by atoms with Crippen molar-refractivity contribution in [2.45, 2.75) is 61.6 Å². The van der Waals surface area contributed by atoms with E-state index in [0.29, 0.717) is 0 Å². The number of alkyl halides is 1. The number of aryl methyl sites for hydroxylation is 6. The standard InChI is InChI=1S/2C8H12N.2C6H7N.C2H5Br.2BrH/c1-3-9-6-4-5-8(2)7-9;1-3-9-7-5-4-6-8(9)2;1-6-3-2-4-7-5-6;1-6-4-2-3-5-7-6;1-2-3;;/h2*4-7H,3H2,1-2H3;2*2-5H,1H3;2H2,1H3;2*1H/q2*+1;;;;;/p-2. The summed E-state index contributed by atoms with van der Waals surface area (Å²) in [6.07, 6.45) is 11.7. The number of hydrogen-bond acceptors (Lipinski definition) is 2. The van der Waals surface area contributed by atoms with Gasteiger partial charge in [0.1, 0.15) is 13.1 Å². The van der Waals surface area contributed by atoms with E-state index in [1.54, 1.807) is 12.4 Å². The van der Waals surface area contributed by atoms with Gasteiger partial charge in [0.25, 0.3) is 0 Å². The third kappa shape index (κ3) is 22.9. The van der Waals surface area contributed by atoms with E-state index >= 15 is 0 Å². The van der Waals surface area contributed by atoms with Gasteiger partial charge >= 0.3 is 0 Å². The maximum absolute atomic E-state index is 3.98. The van der Waals surface area contributed by atoms with Crippen LogP contribution in [0.2, 0.25) is 0 Å². The fourth-order valence-electron chi connectivity index (χ4n) is 2.66. The summed E-state index contributed by atoms with van der Waals surface area (Å²) in [5, 5.41) is 1.06. The van der Waals surface area contributed by atoms with Gasteiger partial charge in [-0.25, -0.2) is 9.13 Å². The molecule has 4 aromatic heterocycles. The molecule has 4 aromatic rings. The van der Waals surface area contributed by atoms with E-state index < -0.39 is 0 Å². The van der Waals surface area contributed by atoms with E-state index in [4.69, 9.17) is 0 Å². The van der Waals surface area contributed by atoms with Crippen LogP contribution in [0.4, 0.5) is 0 Å². The smallest absolute Gasteiger partial charge is 0.178 e. The molecule has 0 amide bonds. The van der Waals surface area contributed by atoms with Crippen LogP contribution in [0.3, 0.4) is 0 Å². The number of hydrogen-bond donors (Lipinski definition) is 0. The molecule has 0 spiro atoms. The highest BCUT2D eigenvalue weighted by Gasteiger charge is 1.97. The van der Waals surface area contributed by atoms with Crippen molar-refractivity contribution in [1.82, 2.24) is 9.97 Å². The van der Waals surface area contributed by atoms with Crippen LogP contribution in [0.15, 0.2) is 97.8 Å². The molecule has 0 aliphatic carbocycles. The zero-order chi connectivity index (χ0) is 26.3. The lowest BCUT2D eigenvalue weighted by molar-refractivity contribution is -0.699. The Bertz CT molecular complexity index is 980. The van der Waals surface area contributed by atoms with Crippen LogP contribution in [0.1, 0.15) is 43.3 Å². The average Bonchev–Trinajstić information content (AvgIpc) is 2.87. The Labute approximate surface area is 254 Å². The van der Waals surface area contributed by atoms with Crippen molar-refractivity contribution >= 4 is 15.9 Å². The SMILES string of the molecule is CCBr.CC[n+]1cccc(C)c1.CC[n+]1ccccc1C.Cc1ccccn1.Cc1cccnc1.[Br-].[Br-]. The quantitative estimate of drug-likeness (QED) is 0.230. The predicted molar refractivity (Wildman–Crippen MR) is 152 cm³/mol. The predicted octanol–water partition coefficient (Wildman–Crippen LogP) is 0.794. The van der Waals surface area contributed by atoms with Gasteiger partial charge in [-0.2, -0.15) is 0 Å². The zero-order valence-corrected chi connectivity index (χ0v) is 28.0. The topological polar surface area (TPSA) is 33.5 Å². The normalized spacial score (nSPS) is 8.43. The second-order valence-corrected chi connectivity index (χ2v) is 8.73. The van der Waals surface area contributed by atoms with E-state index in [1.165, 1.54) is 16.8 Å². The van der Waals surface area contributed by atoms with Crippen molar-refractivity contribution in [2.24, 2.45) is 0 Å². The molecule has 4 heterocycles. The Morgan fingerprint density at radius 2 is 1.35 bits per heavy atom. The number of nitrogens with zero attached hydrogens (tertiary/aromatic N) is 4. The molecule has 0 N–H and O–H groups in total. The van der Waals surface area contributed by atoms with Gasteiger partial charge < -0.3 is 34.0 Å². The summed E-state index contributed by atoms with van der Waals surface area (Å²) in [5.41, 5.74) is 4.92. The van der Waals surface area contributed by atoms with E-state index in [9.17, 15) is 0 Å². The van der Waals surface area contributed by atoms with Gasteiger partial charge in [0.05, 0.1) is 0 Å². The summed E-state index contributed by atoms with van der Waals surface area (Å²) in [6, 6.07) is 20.2. The second kappa shape index (κ2) is 27.1. The monoisotopic (exact) mass is 696 g/mol. The highest BCUT2D eigenvalue weighted by molar-refractivity contribution is 9.09. The molecule has 0 aromatic carbocycles. The van der Waals surface area contributed by atoms with Crippen LogP contribution in [0.5, 0.6) is 0 Å². The molecule has 0 radical (unpaired) electrons. The molecule has 0 saturated carbocycles. The molecule has 0 unspecified atom stereocenters. The molecule has 0 atom stereocenters. The van der Waals surface area contributed by atoms with Crippen LogP contribution in [-0.4, -0.2) is 15.3 Å². The van der Waals surface area contributed by atoms with Crippen molar-refractivity contribution in [3.63, 3.8) is 0 Å². The Hall–Kier alpha value is -1.96. The molecule has 204 valence electrons. The lowest BCUT2D eigenvalue weighted by atomic mass is 10.3. The number of pyridine rings is 4. The third-order valence-corrected chi connectivity index (χ3v) is 4.50. The van der Waals surface area contributed by atoms with Crippen molar-refractivity contribution < 1.29 is 43.1 Å². The first-order valence-electron chi connectivity index (χ1n) is 12.1. The minimum Gasteiger partial charge on any atom is -1.00 e. The lowest BCUT2D eigenvalue weighted by Gasteiger charge is -1.92. The molecular weight excluding hydrogens is 656 g/mol. The average molecular weight is 699 g/mol. The fraction of sp³-hybridized carbons (Fsp3) is 0.333. The molecule has 0 aliphatic rings. The van der Waals surface area contributed by atoms with Gasteiger partial charge in [-0.15, -0.1) is 0 Å².